The quantitative estimate of drug-likeness (QED) is 0.674. The van der Waals surface area contributed by atoms with E-state index in [1.807, 2.05) is 0 Å². The van der Waals surface area contributed by atoms with E-state index in [-0.39, 0.29) is 12.1 Å². The van der Waals surface area contributed by atoms with Gasteiger partial charge in [0, 0.05) is 0 Å². The molecule has 1 fully saturated rings. The van der Waals surface area contributed by atoms with Crippen LogP contribution in [0.3, 0.4) is 0 Å². The molecule has 0 N–H and O–H groups in total. The normalized spacial score (nSPS) is 27.4. The van der Waals surface area contributed by atoms with E-state index in [1.165, 1.54) is 6.42 Å². The first-order valence-corrected chi connectivity index (χ1v) is 8.45. The second kappa shape index (κ2) is 8.41. The molecule has 4 atom stereocenters. The number of hydrogen-bond donors (Lipinski definition) is 0. The van der Waals surface area contributed by atoms with Crippen LogP contribution < -0.4 is 0 Å². The topological polar surface area (TPSA) is 50.1 Å². The fraction of sp³-hybridized carbons (Fsp3) is 0.889. The van der Waals surface area contributed by atoms with E-state index in [1.54, 1.807) is 0 Å². The first kappa shape index (κ1) is 18.0. The Labute approximate surface area is 130 Å². The Bertz CT molecular complexity index is 370. The van der Waals surface area contributed by atoms with Crippen LogP contribution in [0.2, 0.25) is 0 Å². The van der Waals surface area contributed by atoms with Crippen LogP contribution in [-0.4, -0.2) is 12.1 Å². The third-order valence-electron chi connectivity index (χ3n) is 4.70. The molecule has 0 radical (unpaired) electrons. The molecule has 3 nitrogen and oxygen atoms in total. The highest BCUT2D eigenvalue weighted by atomic mass is 16.5. The third kappa shape index (κ3) is 5.69. The standard InChI is InChI=1S/C18H31NO2/c1-12(2)6-8-15(11-19)18(20)21-17-10-14(5)7-9-16(17)13(3)4/h12-17H,6-10H2,1-5H3/t14-,15?,16+,17-/m1/s1. The summed E-state index contributed by atoms with van der Waals surface area (Å²) in [4.78, 5) is 12.3. The molecule has 3 heteroatoms. The van der Waals surface area contributed by atoms with Crippen molar-refractivity contribution >= 4 is 5.97 Å². The van der Waals surface area contributed by atoms with E-state index < -0.39 is 5.92 Å². The smallest absolute Gasteiger partial charge is 0.323 e. The molecule has 21 heavy (non-hydrogen) atoms. The molecule has 120 valence electrons. The number of carbonyl (C=O) groups excluding carboxylic acids is 1. The van der Waals surface area contributed by atoms with Crippen LogP contribution in [0.4, 0.5) is 0 Å². The van der Waals surface area contributed by atoms with Crippen LogP contribution in [0.15, 0.2) is 0 Å². The zero-order valence-electron chi connectivity index (χ0n) is 14.3. The maximum absolute atomic E-state index is 12.3. The van der Waals surface area contributed by atoms with Gasteiger partial charge in [-0.05, 0) is 49.4 Å². The summed E-state index contributed by atoms with van der Waals surface area (Å²) in [6.07, 6.45) is 4.78. The summed E-state index contributed by atoms with van der Waals surface area (Å²) in [5, 5.41) is 9.22. The van der Waals surface area contributed by atoms with E-state index in [4.69, 9.17) is 4.74 Å². The van der Waals surface area contributed by atoms with E-state index in [9.17, 15) is 10.1 Å². The van der Waals surface area contributed by atoms with Crippen molar-refractivity contribution in [2.75, 3.05) is 0 Å². The zero-order valence-corrected chi connectivity index (χ0v) is 14.3. The molecule has 0 saturated heterocycles. The molecule has 1 rings (SSSR count). The number of esters is 1. The summed E-state index contributed by atoms with van der Waals surface area (Å²) in [7, 11) is 0. The summed E-state index contributed by atoms with van der Waals surface area (Å²) in [5.74, 6) is 1.17. The van der Waals surface area contributed by atoms with Gasteiger partial charge in [0.2, 0.25) is 0 Å². The monoisotopic (exact) mass is 293 g/mol. The second-order valence-corrected chi connectivity index (χ2v) is 7.45. The number of hydrogen-bond acceptors (Lipinski definition) is 3. The Balaban J connectivity index is 2.62. The van der Waals surface area contributed by atoms with Crippen molar-refractivity contribution in [1.82, 2.24) is 0 Å². The fourth-order valence-electron chi connectivity index (χ4n) is 3.22. The lowest BCUT2D eigenvalue weighted by Gasteiger charge is -2.37. The molecule has 0 aliphatic heterocycles. The Kier molecular flexibility index (Phi) is 7.22. The lowest BCUT2D eigenvalue weighted by molar-refractivity contribution is -0.159. The molecule has 0 aromatic carbocycles. The molecule has 1 saturated carbocycles. The van der Waals surface area contributed by atoms with Crippen molar-refractivity contribution in [2.45, 2.75) is 72.8 Å². The van der Waals surface area contributed by atoms with Gasteiger partial charge in [0.25, 0.3) is 0 Å². The van der Waals surface area contributed by atoms with Gasteiger partial charge in [-0.3, -0.25) is 4.79 Å². The van der Waals surface area contributed by atoms with Crippen molar-refractivity contribution in [3.63, 3.8) is 0 Å². The number of carbonyl (C=O) groups is 1. The predicted octanol–water partition coefficient (Wildman–Crippen LogP) is 4.57. The van der Waals surface area contributed by atoms with Crippen LogP contribution >= 0.6 is 0 Å². The summed E-state index contributed by atoms with van der Waals surface area (Å²) in [6, 6.07) is 2.13. The van der Waals surface area contributed by atoms with Gasteiger partial charge < -0.3 is 4.74 Å². The summed E-state index contributed by atoms with van der Waals surface area (Å²) in [6.45, 7) is 10.8. The van der Waals surface area contributed by atoms with Crippen molar-refractivity contribution in [3.05, 3.63) is 0 Å². The fourth-order valence-corrected chi connectivity index (χ4v) is 3.22. The molecular weight excluding hydrogens is 262 g/mol. The molecule has 1 aliphatic carbocycles. The SMILES string of the molecule is CC(C)CCC(C#N)C(=O)O[C@@H]1C[C@H](C)CC[C@H]1C(C)C. The molecule has 0 spiro atoms. The number of nitriles is 1. The Morgan fingerprint density at radius 3 is 2.43 bits per heavy atom. The number of rotatable bonds is 6. The minimum Gasteiger partial charge on any atom is -0.461 e. The van der Waals surface area contributed by atoms with Gasteiger partial charge in [0.1, 0.15) is 12.0 Å². The molecule has 0 aromatic heterocycles. The molecular formula is C18H31NO2. The third-order valence-corrected chi connectivity index (χ3v) is 4.70. The van der Waals surface area contributed by atoms with Crippen LogP contribution in [0.25, 0.3) is 0 Å². The Morgan fingerprint density at radius 1 is 1.24 bits per heavy atom. The molecule has 0 aromatic rings. The highest BCUT2D eigenvalue weighted by Crippen LogP contribution is 2.35. The van der Waals surface area contributed by atoms with Crippen LogP contribution in [0.1, 0.15) is 66.7 Å². The highest BCUT2D eigenvalue weighted by Gasteiger charge is 2.34. The first-order chi connectivity index (χ1) is 9.85. The predicted molar refractivity (Wildman–Crippen MR) is 84.4 cm³/mol. The summed E-state index contributed by atoms with van der Waals surface area (Å²) < 4.78 is 5.76. The van der Waals surface area contributed by atoms with Gasteiger partial charge in [-0.25, -0.2) is 0 Å². The second-order valence-electron chi connectivity index (χ2n) is 7.45. The lowest BCUT2D eigenvalue weighted by atomic mass is 9.75. The van der Waals surface area contributed by atoms with Crippen LogP contribution in [0, 0.1) is 40.9 Å². The van der Waals surface area contributed by atoms with Crippen molar-refractivity contribution in [1.29, 1.82) is 5.26 Å². The van der Waals surface area contributed by atoms with Crippen molar-refractivity contribution in [3.8, 4) is 6.07 Å². The van der Waals surface area contributed by atoms with E-state index in [0.29, 0.717) is 30.1 Å². The average Bonchev–Trinajstić information content (AvgIpc) is 2.38. The molecule has 1 aliphatic rings. The van der Waals surface area contributed by atoms with Gasteiger partial charge >= 0.3 is 5.97 Å². The first-order valence-electron chi connectivity index (χ1n) is 8.45. The maximum Gasteiger partial charge on any atom is 0.323 e. The van der Waals surface area contributed by atoms with Crippen molar-refractivity contribution in [2.24, 2.45) is 29.6 Å². The zero-order chi connectivity index (χ0) is 16.0. The van der Waals surface area contributed by atoms with Gasteiger partial charge in [-0.15, -0.1) is 0 Å². The van der Waals surface area contributed by atoms with Gasteiger partial charge in [-0.2, -0.15) is 5.26 Å². The largest absolute Gasteiger partial charge is 0.461 e. The van der Waals surface area contributed by atoms with Crippen molar-refractivity contribution < 1.29 is 9.53 Å². The Hall–Kier alpha value is -1.04. The molecule has 0 heterocycles. The van der Waals surface area contributed by atoms with Gasteiger partial charge in [0.05, 0.1) is 6.07 Å². The lowest BCUT2D eigenvalue weighted by Crippen LogP contribution is -2.37. The molecule has 0 bridgehead atoms. The van der Waals surface area contributed by atoms with Gasteiger partial charge in [-0.1, -0.05) is 41.0 Å². The Morgan fingerprint density at radius 2 is 1.90 bits per heavy atom. The molecule has 0 amide bonds. The highest BCUT2D eigenvalue weighted by molar-refractivity contribution is 5.75. The number of nitrogens with zero attached hydrogens (tertiary/aromatic N) is 1. The van der Waals surface area contributed by atoms with E-state index in [2.05, 4.69) is 40.7 Å². The minimum atomic E-state index is -0.600. The average molecular weight is 293 g/mol. The van der Waals surface area contributed by atoms with Gasteiger partial charge in [0.15, 0.2) is 0 Å². The maximum atomic E-state index is 12.3. The van der Waals surface area contributed by atoms with Crippen LogP contribution in [-0.2, 0) is 9.53 Å². The molecule has 1 unspecified atom stereocenters. The number of ether oxygens (including phenoxy) is 1. The van der Waals surface area contributed by atoms with Crippen LogP contribution in [0.5, 0.6) is 0 Å². The minimum absolute atomic E-state index is 0.00356. The van der Waals surface area contributed by atoms with E-state index >= 15 is 0 Å². The van der Waals surface area contributed by atoms with E-state index in [0.717, 1.165) is 19.3 Å². The summed E-state index contributed by atoms with van der Waals surface area (Å²) >= 11 is 0. The summed E-state index contributed by atoms with van der Waals surface area (Å²) in [5.41, 5.74) is 0.